The number of hydrogen-bond donors (Lipinski definition) is 0. The summed E-state index contributed by atoms with van der Waals surface area (Å²) < 4.78 is 11.3. The molecule has 0 radical (unpaired) electrons. The Labute approximate surface area is 136 Å². The van der Waals surface area contributed by atoms with Gasteiger partial charge in [0.2, 0.25) is 0 Å². The lowest BCUT2D eigenvalue weighted by Gasteiger charge is -2.26. The van der Waals surface area contributed by atoms with Crippen LogP contribution in [0.5, 0.6) is 5.75 Å². The zero-order valence-electron chi connectivity index (χ0n) is 12.8. The number of morpholine rings is 1. The van der Waals surface area contributed by atoms with Gasteiger partial charge in [-0.05, 0) is 30.7 Å². The van der Waals surface area contributed by atoms with Crippen molar-refractivity contribution < 1.29 is 9.47 Å². The minimum atomic E-state index is 0.659. The fourth-order valence-electron chi connectivity index (χ4n) is 2.63. The molecular weight excluding hydrogens is 300 g/mol. The summed E-state index contributed by atoms with van der Waals surface area (Å²) in [6.07, 6.45) is 0.897. The van der Waals surface area contributed by atoms with Crippen LogP contribution in [-0.2, 0) is 11.2 Å². The molecule has 118 valence electrons. The molecule has 0 bridgehead atoms. The fraction of sp³-hybridized carbons (Fsp3) is 0.471. The van der Waals surface area contributed by atoms with Gasteiger partial charge in [0.15, 0.2) is 0 Å². The van der Waals surface area contributed by atoms with Gasteiger partial charge in [0.25, 0.3) is 0 Å². The molecular formula is C17H21ClN2O2. The highest BCUT2D eigenvalue weighted by molar-refractivity contribution is 6.35. The Morgan fingerprint density at radius 2 is 2.05 bits per heavy atom. The van der Waals surface area contributed by atoms with Crippen LogP contribution in [0.15, 0.2) is 24.3 Å². The van der Waals surface area contributed by atoms with E-state index in [9.17, 15) is 0 Å². The molecule has 4 nitrogen and oxygen atoms in total. The second-order valence-corrected chi connectivity index (χ2v) is 5.81. The van der Waals surface area contributed by atoms with E-state index in [0.29, 0.717) is 11.6 Å². The molecule has 2 heterocycles. The van der Waals surface area contributed by atoms with E-state index in [0.717, 1.165) is 61.6 Å². The van der Waals surface area contributed by atoms with Crippen LogP contribution in [0.2, 0.25) is 5.02 Å². The van der Waals surface area contributed by atoms with Crippen LogP contribution in [0.25, 0.3) is 10.9 Å². The summed E-state index contributed by atoms with van der Waals surface area (Å²) in [5.41, 5.74) is 1.87. The summed E-state index contributed by atoms with van der Waals surface area (Å²) in [6.45, 7) is 7.24. The number of nitrogens with zero attached hydrogens (tertiary/aromatic N) is 2. The third-order valence-electron chi connectivity index (χ3n) is 3.96. The van der Waals surface area contributed by atoms with Gasteiger partial charge in [-0.15, -0.1) is 0 Å². The minimum Gasteiger partial charge on any atom is -0.492 e. The summed E-state index contributed by atoms with van der Waals surface area (Å²) >= 11 is 6.27. The van der Waals surface area contributed by atoms with Gasteiger partial charge < -0.3 is 9.47 Å². The Bertz CT molecular complexity index is 642. The first-order valence-electron chi connectivity index (χ1n) is 7.79. The smallest absolute Gasteiger partial charge is 0.128 e. The van der Waals surface area contributed by atoms with E-state index in [4.69, 9.17) is 21.1 Å². The number of ether oxygens (including phenoxy) is 2. The lowest BCUT2D eigenvalue weighted by atomic mass is 10.1. The third-order valence-corrected chi connectivity index (χ3v) is 4.26. The number of aryl methyl sites for hydroxylation is 1. The van der Waals surface area contributed by atoms with Crippen LogP contribution in [0, 0.1) is 0 Å². The van der Waals surface area contributed by atoms with Gasteiger partial charge in [0.1, 0.15) is 12.4 Å². The van der Waals surface area contributed by atoms with Crippen molar-refractivity contribution >= 4 is 22.5 Å². The molecule has 1 fully saturated rings. The Balaban J connectivity index is 1.71. The predicted octanol–water partition coefficient (Wildman–Crippen LogP) is 3.16. The van der Waals surface area contributed by atoms with Crippen molar-refractivity contribution in [2.24, 2.45) is 0 Å². The van der Waals surface area contributed by atoms with Crippen molar-refractivity contribution in [2.75, 3.05) is 39.5 Å². The average Bonchev–Trinajstić information content (AvgIpc) is 2.57. The highest BCUT2D eigenvalue weighted by atomic mass is 35.5. The van der Waals surface area contributed by atoms with E-state index in [-0.39, 0.29) is 0 Å². The molecule has 0 saturated carbocycles. The van der Waals surface area contributed by atoms with E-state index in [1.165, 1.54) is 0 Å². The molecule has 0 amide bonds. The maximum Gasteiger partial charge on any atom is 0.128 e. The minimum absolute atomic E-state index is 0.659. The van der Waals surface area contributed by atoms with Crippen molar-refractivity contribution in [1.29, 1.82) is 0 Å². The van der Waals surface area contributed by atoms with Gasteiger partial charge in [0.05, 0.1) is 23.8 Å². The van der Waals surface area contributed by atoms with Crippen LogP contribution < -0.4 is 4.74 Å². The summed E-state index contributed by atoms with van der Waals surface area (Å²) in [6, 6.07) is 7.88. The number of halogens is 1. The van der Waals surface area contributed by atoms with Crippen LogP contribution in [0.4, 0.5) is 0 Å². The number of pyridine rings is 1. The highest BCUT2D eigenvalue weighted by Gasteiger charge is 2.11. The molecule has 1 aromatic heterocycles. The standard InChI is InChI=1S/C17H21ClN2O2/c1-2-13-3-4-14-16(6-5-15(18)17(14)19-13)22-12-9-20-7-10-21-11-8-20/h3-6H,2,7-12H2,1H3. The van der Waals surface area contributed by atoms with Crippen molar-refractivity contribution in [3.8, 4) is 5.75 Å². The van der Waals surface area contributed by atoms with Crippen molar-refractivity contribution in [3.05, 3.63) is 35.0 Å². The molecule has 1 aliphatic rings. The fourth-order valence-corrected chi connectivity index (χ4v) is 2.84. The highest BCUT2D eigenvalue weighted by Crippen LogP contribution is 2.30. The van der Waals surface area contributed by atoms with Gasteiger partial charge in [-0.2, -0.15) is 0 Å². The summed E-state index contributed by atoms with van der Waals surface area (Å²) in [5.74, 6) is 0.850. The van der Waals surface area contributed by atoms with Crippen LogP contribution in [-0.4, -0.2) is 49.3 Å². The monoisotopic (exact) mass is 320 g/mol. The first kappa shape index (κ1) is 15.5. The lowest BCUT2D eigenvalue weighted by Crippen LogP contribution is -2.38. The number of benzene rings is 1. The third kappa shape index (κ3) is 3.51. The number of fused-ring (bicyclic) bond motifs is 1. The Hall–Kier alpha value is -1.36. The molecule has 3 rings (SSSR count). The molecule has 1 saturated heterocycles. The molecule has 0 N–H and O–H groups in total. The van der Waals surface area contributed by atoms with Crippen LogP contribution in [0.1, 0.15) is 12.6 Å². The normalized spacial score (nSPS) is 16.1. The molecule has 0 atom stereocenters. The van der Waals surface area contributed by atoms with Gasteiger partial charge in [-0.3, -0.25) is 9.88 Å². The van der Waals surface area contributed by atoms with Gasteiger partial charge in [0, 0.05) is 30.7 Å². The first-order chi connectivity index (χ1) is 10.8. The molecule has 5 heteroatoms. The maximum atomic E-state index is 6.27. The Morgan fingerprint density at radius 1 is 1.23 bits per heavy atom. The lowest BCUT2D eigenvalue weighted by molar-refractivity contribution is 0.0323. The maximum absolute atomic E-state index is 6.27. The zero-order valence-corrected chi connectivity index (χ0v) is 13.6. The second-order valence-electron chi connectivity index (χ2n) is 5.40. The molecule has 0 unspecified atom stereocenters. The van der Waals surface area contributed by atoms with E-state index in [1.807, 2.05) is 18.2 Å². The van der Waals surface area contributed by atoms with Gasteiger partial charge in [-0.1, -0.05) is 18.5 Å². The summed E-state index contributed by atoms with van der Waals surface area (Å²) in [5, 5.41) is 1.65. The SMILES string of the molecule is CCc1ccc2c(OCCN3CCOCC3)ccc(Cl)c2n1. The molecule has 22 heavy (non-hydrogen) atoms. The Kier molecular flexibility index (Phi) is 5.13. The van der Waals surface area contributed by atoms with Crippen LogP contribution in [0.3, 0.4) is 0 Å². The van der Waals surface area contributed by atoms with Crippen molar-refractivity contribution in [3.63, 3.8) is 0 Å². The number of rotatable bonds is 5. The van der Waals surface area contributed by atoms with Gasteiger partial charge >= 0.3 is 0 Å². The van der Waals surface area contributed by atoms with Crippen molar-refractivity contribution in [2.45, 2.75) is 13.3 Å². The van der Waals surface area contributed by atoms with E-state index >= 15 is 0 Å². The van der Waals surface area contributed by atoms with Gasteiger partial charge in [-0.25, -0.2) is 0 Å². The summed E-state index contributed by atoms with van der Waals surface area (Å²) in [4.78, 5) is 6.97. The Morgan fingerprint density at radius 3 is 2.82 bits per heavy atom. The quantitative estimate of drug-likeness (QED) is 0.847. The average molecular weight is 321 g/mol. The number of hydrogen-bond acceptors (Lipinski definition) is 4. The predicted molar refractivity (Wildman–Crippen MR) is 88.9 cm³/mol. The second kappa shape index (κ2) is 7.27. The zero-order chi connectivity index (χ0) is 15.4. The van der Waals surface area contributed by atoms with E-state index in [1.54, 1.807) is 0 Å². The number of aromatic nitrogens is 1. The van der Waals surface area contributed by atoms with E-state index < -0.39 is 0 Å². The molecule has 0 aliphatic carbocycles. The van der Waals surface area contributed by atoms with Crippen molar-refractivity contribution in [1.82, 2.24) is 9.88 Å². The molecule has 0 spiro atoms. The summed E-state index contributed by atoms with van der Waals surface area (Å²) in [7, 11) is 0. The topological polar surface area (TPSA) is 34.6 Å². The molecule has 1 aliphatic heterocycles. The molecule has 2 aromatic rings. The first-order valence-corrected chi connectivity index (χ1v) is 8.17. The largest absolute Gasteiger partial charge is 0.492 e. The van der Waals surface area contributed by atoms with E-state index in [2.05, 4.69) is 22.9 Å². The molecule has 1 aromatic carbocycles. The van der Waals surface area contributed by atoms with Crippen LogP contribution >= 0.6 is 11.6 Å².